The van der Waals surface area contributed by atoms with Crippen molar-refractivity contribution < 1.29 is 0 Å². The number of fused-ring (bicyclic) bond motifs is 1. The monoisotopic (exact) mass is 232 g/mol. The van der Waals surface area contributed by atoms with Crippen molar-refractivity contribution >= 4 is 40.5 Å². The van der Waals surface area contributed by atoms with E-state index in [1.807, 2.05) is 0 Å². The maximum absolute atomic E-state index is 5.92. The van der Waals surface area contributed by atoms with Crippen molar-refractivity contribution in [3.05, 3.63) is 12.0 Å². The first-order valence-electron chi connectivity index (χ1n) is 3.02. The van der Waals surface area contributed by atoms with Gasteiger partial charge in [0.25, 0.3) is 0 Å². The van der Waals surface area contributed by atoms with Gasteiger partial charge in [-0.1, -0.05) is 0 Å². The molecule has 1 aliphatic heterocycles. The van der Waals surface area contributed by atoms with Crippen molar-refractivity contribution in [3.63, 3.8) is 0 Å². The van der Waals surface area contributed by atoms with Crippen LogP contribution in [0.2, 0.25) is 0 Å². The van der Waals surface area contributed by atoms with Crippen LogP contribution in [0.4, 0.5) is 5.82 Å². The first-order valence-corrected chi connectivity index (χ1v) is 4.61. The molecule has 6 heteroatoms. The molecule has 4 nitrogen and oxygen atoms in total. The second kappa shape index (κ2) is 2.26. The van der Waals surface area contributed by atoms with Crippen molar-refractivity contribution in [2.24, 2.45) is 4.99 Å². The van der Waals surface area contributed by atoms with Crippen molar-refractivity contribution in [3.8, 4) is 0 Å². The first-order chi connectivity index (χ1) is 5.17. The minimum atomic E-state index is -0.685. The summed E-state index contributed by atoms with van der Waals surface area (Å²) >= 11 is 7.23. The van der Waals surface area contributed by atoms with Gasteiger partial charge in [0.1, 0.15) is 0 Å². The molecule has 2 atom stereocenters. The van der Waals surface area contributed by atoms with Crippen LogP contribution in [-0.2, 0) is 0 Å². The third kappa shape index (κ3) is 1.28. The normalized spacial score (nSPS) is 27.8. The molecule has 2 heterocycles. The maximum atomic E-state index is 5.92. The summed E-state index contributed by atoms with van der Waals surface area (Å²) < 4.78 is -0.685. The van der Waals surface area contributed by atoms with Crippen LogP contribution in [-0.4, -0.2) is 36.9 Å². The van der Waals surface area contributed by atoms with Gasteiger partial charge >= 0.3 is 76.7 Å². The summed E-state index contributed by atoms with van der Waals surface area (Å²) in [6.07, 6.45) is 3.29. The van der Waals surface area contributed by atoms with E-state index in [4.69, 9.17) is 11.6 Å². The van der Waals surface area contributed by atoms with Gasteiger partial charge in [-0.25, -0.2) is 0 Å². The Kier molecular flexibility index (Phi) is 1.47. The van der Waals surface area contributed by atoms with Crippen LogP contribution in [0.15, 0.2) is 11.3 Å². The number of aromatic nitrogens is 2. The van der Waals surface area contributed by atoms with Gasteiger partial charge < -0.3 is 0 Å². The molecule has 0 saturated heterocycles. The second-order valence-corrected chi connectivity index (χ2v) is 5.32. The number of H-pyrrole nitrogens is 1. The summed E-state index contributed by atoms with van der Waals surface area (Å²) in [4.78, 5) is 11.0. The summed E-state index contributed by atoms with van der Waals surface area (Å²) in [5, 5.41) is 2.97. The molecule has 0 aliphatic carbocycles. The third-order valence-corrected chi connectivity index (χ3v) is 2.15. The Hall–Kier alpha value is -0.472. The number of anilines is 1. The number of hydrogen-bond donors (Lipinski definition) is 2. The van der Waals surface area contributed by atoms with E-state index in [1.54, 1.807) is 12.5 Å². The molecule has 2 N–H and O–H groups in total. The van der Waals surface area contributed by atoms with E-state index in [0.717, 1.165) is 11.5 Å². The molecule has 11 heavy (non-hydrogen) atoms. The molecule has 2 unspecified atom stereocenters. The van der Waals surface area contributed by atoms with E-state index in [9.17, 15) is 0 Å². The topological polar surface area (TPSA) is 53.1 Å². The predicted octanol–water partition coefficient (Wildman–Crippen LogP) is -0.263. The molecule has 0 bridgehead atoms. The number of nitrogens with zero attached hydrogens (tertiary/aromatic N) is 2. The number of rotatable bonds is 0. The van der Waals surface area contributed by atoms with Gasteiger partial charge in [0.2, 0.25) is 0 Å². The molecule has 0 spiro atoms. The van der Waals surface area contributed by atoms with Crippen LogP contribution in [0.25, 0.3) is 0 Å². The average Bonchev–Trinajstić information content (AvgIpc) is 2.31. The summed E-state index contributed by atoms with van der Waals surface area (Å²) in [6, 6.07) is 0. The molecule has 1 aromatic rings. The molecular weight excluding hydrogens is 226 g/mol. The molecule has 2 rings (SSSR count). The Labute approximate surface area is 77.0 Å². The van der Waals surface area contributed by atoms with Gasteiger partial charge in [0.15, 0.2) is 0 Å². The third-order valence-electron chi connectivity index (χ3n) is 1.34. The van der Waals surface area contributed by atoms with Crippen LogP contribution in [0.3, 0.4) is 0 Å². The van der Waals surface area contributed by atoms with Crippen molar-refractivity contribution in [2.75, 3.05) is 5.32 Å². The van der Waals surface area contributed by atoms with E-state index in [1.165, 1.54) is 16.9 Å². The Balaban J connectivity index is 2.44. The molecule has 58 valence electrons. The Morgan fingerprint density at radius 3 is 3.27 bits per heavy atom. The van der Waals surface area contributed by atoms with E-state index in [2.05, 4.69) is 20.3 Å². The second-order valence-electron chi connectivity index (χ2n) is 2.22. The van der Waals surface area contributed by atoms with Gasteiger partial charge in [-0.15, -0.1) is 0 Å². The molecular formula is C5H6AsClN4. The van der Waals surface area contributed by atoms with Gasteiger partial charge in [-0.3, -0.25) is 0 Å². The fourth-order valence-electron chi connectivity index (χ4n) is 0.859. The summed E-state index contributed by atoms with van der Waals surface area (Å²) in [7, 11) is 0. The summed E-state index contributed by atoms with van der Waals surface area (Å²) in [5.74, 6) is 0.763. The van der Waals surface area contributed by atoms with Crippen LogP contribution >= 0.6 is 11.6 Å². The van der Waals surface area contributed by atoms with Crippen LogP contribution in [0, 0.1) is 0 Å². The van der Waals surface area contributed by atoms with E-state index in [-0.39, 0.29) is 0 Å². The fourth-order valence-corrected chi connectivity index (χ4v) is 1.44. The number of aromatic amines is 1. The quantitative estimate of drug-likeness (QED) is 0.368. The number of nitrogens with one attached hydrogen (secondary N) is 2. The van der Waals surface area contributed by atoms with Crippen LogP contribution in [0.5, 0.6) is 0 Å². The number of imidazole rings is 1. The average molecular weight is 233 g/mol. The molecule has 0 aromatic carbocycles. The zero-order valence-corrected chi connectivity index (χ0v) is 8.68. The van der Waals surface area contributed by atoms with Crippen molar-refractivity contribution in [1.29, 1.82) is 0 Å². The molecule has 0 saturated carbocycles. The van der Waals surface area contributed by atoms with Crippen LogP contribution < -0.4 is 5.32 Å². The van der Waals surface area contributed by atoms with E-state index < -0.39 is 3.91 Å². The van der Waals surface area contributed by atoms with Gasteiger partial charge in [-0.2, -0.15) is 0 Å². The molecule has 1 aliphatic rings. The Bertz CT molecular complexity index is 305. The first kappa shape index (κ1) is 7.19. The number of alkyl halides is 1. The summed E-state index contributed by atoms with van der Waals surface area (Å²) in [5.41, 5.74) is 0.874. The number of halogens is 1. The number of hydrogen-bond acceptors (Lipinski definition) is 3. The predicted molar refractivity (Wildman–Crippen MR) is 46.9 cm³/mol. The fraction of sp³-hybridized carbons (Fsp3) is 0.200. The zero-order chi connectivity index (χ0) is 7.90. The summed E-state index contributed by atoms with van der Waals surface area (Å²) in [6.45, 7) is 0. The molecule has 0 fully saturated rings. The van der Waals surface area contributed by atoms with Gasteiger partial charge in [-0.05, 0) is 0 Å². The van der Waals surface area contributed by atoms with Gasteiger partial charge in [0, 0.05) is 0 Å². The van der Waals surface area contributed by atoms with Crippen molar-refractivity contribution in [1.82, 2.24) is 9.97 Å². The Morgan fingerprint density at radius 1 is 1.64 bits per heavy atom. The zero-order valence-electron chi connectivity index (χ0n) is 5.50. The molecule has 0 radical (unpaired) electrons. The molecule has 0 amide bonds. The van der Waals surface area contributed by atoms with E-state index >= 15 is 0 Å². The number of aliphatic imine (C=N–C) groups is 1. The minimum absolute atomic E-state index is 0.685. The van der Waals surface area contributed by atoms with Crippen molar-refractivity contribution in [2.45, 2.75) is 3.91 Å². The SMILES string of the molecule is ClC1([AsH2])N=Cc2[nH]cnc2N1. The van der Waals surface area contributed by atoms with E-state index in [0.29, 0.717) is 0 Å². The Morgan fingerprint density at radius 2 is 2.45 bits per heavy atom. The standard InChI is InChI=1S/C5H6AsClN4/c6-5(7)10-1-3-4(11-5)9-2-8-3/h1-2,11H,6H2,(H,8,9). The van der Waals surface area contributed by atoms with Crippen LogP contribution in [0.1, 0.15) is 5.69 Å². The van der Waals surface area contributed by atoms with Gasteiger partial charge in [0.05, 0.1) is 0 Å². The molecule has 1 aromatic heterocycles.